The highest BCUT2D eigenvalue weighted by atomic mass is 16.6. The first kappa shape index (κ1) is 22.0. The summed E-state index contributed by atoms with van der Waals surface area (Å²) in [7, 11) is 0. The molecular weight excluding hydrogens is 388 g/mol. The van der Waals surface area contributed by atoms with Crippen LogP contribution in [0.3, 0.4) is 0 Å². The van der Waals surface area contributed by atoms with Crippen molar-refractivity contribution in [3.05, 3.63) is 37.0 Å². The fourth-order valence-electron chi connectivity index (χ4n) is 3.17. The summed E-state index contributed by atoms with van der Waals surface area (Å²) in [5.41, 5.74) is 3.67. The normalized spacial score (nSPS) is 24.8. The molecule has 4 unspecified atom stereocenters. The fraction of sp³-hybridized carbons (Fsp3) is 0.500. The van der Waals surface area contributed by atoms with Gasteiger partial charge < -0.3 is 20.1 Å². The molecule has 1 fully saturated rings. The minimum Gasteiger partial charge on any atom is -0.394 e. The number of ether oxygens (including phenoxy) is 1. The Bertz CT molecular complexity index is 897. The van der Waals surface area contributed by atoms with Crippen LogP contribution < -0.4 is 5.43 Å². The van der Waals surface area contributed by atoms with Crippen LogP contribution in [0.25, 0.3) is 11.2 Å². The second-order valence-corrected chi connectivity index (χ2v) is 6.97. The molecular formula is C20H28N6O4. The standard InChI is InChI=1S/C20H28N6O4/c1-2-3-4-5-6-7-8-9-10-24-25-18-15-19(22-12-21-18)26(13-23-15)20-17(29)16(28)14(11-27)30-20/h6-10,12-14,16-17,20,27-29H,2-5,11H2,1H3,(H,21,22,25)/b7-6+,9-8+,24-10+. The largest absolute Gasteiger partial charge is 0.394 e. The number of unbranched alkanes of at least 4 members (excludes halogenated alkanes) is 3. The molecule has 1 aliphatic rings. The molecule has 4 atom stereocenters. The highest BCUT2D eigenvalue weighted by Crippen LogP contribution is 2.31. The van der Waals surface area contributed by atoms with Gasteiger partial charge in [0.15, 0.2) is 23.2 Å². The zero-order chi connectivity index (χ0) is 21.3. The van der Waals surface area contributed by atoms with Gasteiger partial charge in [-0.1, -0.05) is 38.0 Å². The average Bonchev–Trinajstić information content (AvgIpc) is 3.31. The van der Waals surface area contributed by atoms with Crippen molar-refractivity contribution in [2.75, 3.05) is 12.0 Å². The van der Waals surface area contributed by atoms with E-state index in [-0.39, 0.29) is 0 Å². The quantitative estimate of drug-likeness (QED) is 0.198. The van der Waals surface area contributed by atoms with Crippen molar-refractivity contribution >= 4 is 23.2 Å². The third-order valence-electron chi connectivity index (χ3n) is 4.81. The van der Waals surface area contributed by atoms with E-state index in [0.717, 1.165) is 6.42 Å². The van der Waals surface area contributed by atoms with Crippen molar-refractivity contribution in [1.29, 1.82) is 0 Å². The summed E-state index contributed by atoms with van der Waals surface area (Å²) in [4.78, 5) is 12.6. The molecule has 0 aromatic carbocycles. The Morgan fingerprint density at radius 3 is 2.80 bits per heavy atom. The van der Waals surface area contributed by atoms with E-state index in [0.29, 0.717) is 17.0 Å². The predicted octanol–water partition coefficient (Wildman–Crippen LogP) is 1.53. The molecule has 162 valence electrons. The number of imidazole rings is 1. The van der Waals surface area contributed by atoms with E-state index >= 15 is 0 Å². The number of aromatic nitrogens is 4. The number of nitrogens with zero attached hydrogens (tertiary/aromatic N) is 5. The number of hydrogen-bond donors (Lipinski definition) is 4. The summed E-state index contributed by atoms with van der Waals surface area (Å²) >= 11 is 0. The molecule has 3 rings (SSSR count). The average molecular weight is 416 g/mol. The second kappa shape index (κ2) is 10.9. The Hall–Kier alpha value is -2.66. The zero-order valence-electron chi connectivity index (χ0n) is 16.9. The van der Waals surface area contributed by atoms with Crippen LogP contribution in [0.5, 0.6) is 0 Å². The number of rotatable bonds is 10. The van der Waals surface area contributed by atoms with Crippen LogP contribution in [0.1, 0.15) is 38.8 Å². The van der Waals surface area contributed by atoms with Gasteiger partial charge in [-0.05, 0) is 18.9 Å². The van der Waals surface area contributed by atoms with Crippen LogP contribution in [-0.4, -0.2) is 66.0 Å². The van der Waals surface area contributed by atoms with E-state index in [2.05, 4.69) is 38.5 Å². The predicted molar refractivity (Wildman–Crippen MR) is 113 cm³/mol. The van der Waals surface area contributed by atoms with Crippen LogP contribution >= 0.6 is 0 Å². The van der Waals surface area contributed by atoms with E-state index in [9.17, 15) is 15.3 Å². The third-order valence-corrected chi connectivity index (χ3v) is 4.81. The van der Waals surface area contributed by atoms with Crippen LogP contribution in [0.15, 0.2) is 42.1 Å². The van der Waals surface area contributed by atoms with Gasteiger partial charge in [0.05, 0.1) is 12.9 Å². The number of fused-ring (bicyclic) bond motifs is 1. The molecule has 10 heteroatoms. The summed E-state index contributed by atoms with van der Waals surface area (Å²) < 4.78 is 7.04. The number of allylic oxidation sites excluding steroid dienone is 4. The molecule has 0 radical (unpaired) electrons. The van der Waals surface area contributed by atoms with Gasteiger partial charge in [-0.3, -0.25) is 9.99 Å². The number of nitrogens with one attached hydrogen (secondary N) is 1. The first-order chi connectivity index (χ1) is 14.7. The van der Waals surface area contributed by atoms with Gasteiger partial charge in [0.2, 0.25) is 0 Å². The SMILES string of the molecule is CCCCC/C=C/C=C/C=N/Nc1ncnc2c1ncn2C1OC(CO)C(O)C1O. The third kappa shape index (κ3) is 5.08. The lowest BCUT2D eigenvalue weighted by atomic mass is 10.1. The zero-order valence-corrected chi connectivity index (χ0v) is 16.9. The van der Waals surface area contributed by atoms with Crippen molar-refractivity contribution in [3.8, 4) is 0 Å². The lowest BCUT2D eigenvalue weighted by molar-refractivity contribution is -0.0511. The topological polar surface area (TPSA) is 138 Å². The van der Waals surface area contributed by atoms with Crippen molar-refractivity contribution < 1.29 is 20.1 Å². The Morgan fingerprint density at radius 2 is 2.03 bits per heavy atom. The number of anilines is 1. The first-order valence-electron chi connectivity index (χ1n) is 10.1. The summed E-state index contributed by atoms with van der Waals surface area (Å²) in [5, 5.41) is 33.6. The molecule has 2 aromatic rings. The van der Waals surface area contributed by atoms with Gasteiger partial charge in [0.1, 0.15) is 24.6 Å². The van der Waals surface area contributed by atoms with E-state index in [4.69, 9.17) is 4.74 Å². The van der Waals surface area contributed by atoms with Gasteiger partial charge in [0.25, 0.3) is 0 Å². The van der Waals surface area contributed by atoms with Gasteiger partial charge >= 0.3 is 0 Å². The summed E-state index contributed by atoms with van der Waals surface area (Å²) in [6.45, 7) is 1.78. The molecule has 1 saturated heterocycles. The van der Waals surface area contributed by atoms with Crippen LogP contribution in [0.2, 0.25) is 0 Å². The van der Waals surface area contributed by atoms with Crippen LogP contribution in [0, 0.1) is 0 Å². The summed E-state index contributed by atoms with van der Waals surface area (Å²) in [6.07, 6.45) is 12.8. The maximum atomic E-state index is 10.2. The highest BCUT2D eigenvalue weighted by molar-refractivity contribution is 5.83. The lowest BCUT2D eigenvalue weighted by Gasteiger charge is -2.16. The molecule has 4 N–H and O–H groups in total. The molecule has 0 amide bonds. The van der Waals surface area contributed by atoms with Crippen molar-refractivity contribution in [2.24, 2.45) is 5.10 Å². The maximum absolute atomic E-state index is 10.2. The molecule has 30 heavy (non-hydrogen) atoms. The van der Waals surface area contributed by atoms with Crippen molar-refractivity contribution in [2.45, 2.75) is 57.1 Å². The summed E-state index contributed by atoms with van der Waals surface area (Å²) in [5.74, 6) is 0.394. The van der Waals surface area contributed by atoms with Crippen molar-refractivity contribution in [3.63, 3.8) is 0 Å². The van der Waals surface area contributed by atoms with Gasteiger partial charge in [-0.2, -0.15) is 5.10 Å². The number of aliphatic hydroxyl groups is 3. The minimum atomic E-state index is -1.22. The Kier molecular flexibility index (Phi) is 8.03. The fourth-order valence-corrected chi connectivity index (χ4v) is 3.17. The van der Waals surface area contributed by atoms with Crippen molar-refractivity contribution in [1.82, 2.24) is 19.5 Å². The molecule has 10 nitrogen and oxygen atoms in total. The smallest absolute Gasteiger partial charge is 0.177 e. The van der Waals surface area contributed by atoms with E-state index in [1.807, 2.05) is 12.2 Å². The maximum Gasteiger partial charge on any atom is 0.177 e. The first-order valence-corrected chi connectivity index (χ1v) is 10.1. The van der Waals surface area contributed by atoms with E-state index in [1.54, 1.807) is 12.3 Å². The number of hydrogen-bond acceptors (Lipinski definition) is 9. The van der Waals surface area contributed by atoms with E-state index in [1.165, 1.54) is 36.5 Å². The Morgan fingerprint density at radius 1 is 1.17 bits per heavy atom. The molecule has 1 aliphatic heterocycles. The molecule has 0 aliphatic carbocycles. The Labute approximate surface area is 174 Å². The monoisotopic (exact) mass is 416 g/mol. The van der Waals surface area contributed by atoms with E-state index < -0.39 is 31.1 Å². The summed E-state index contributed by atoms with van der Waals surface area (Å²) in [6, 6.07) is 0. The van der Waals surface area contributed by atoms with Crippen LogP contribution in [-0.2, 0) is 4.74 Å². The Balaban J connectivity index is 1.63. The molecule has 3 heterocycles. The molecule has 0 spiro atoms. The molecule has 0 saturated carbocycles. The highest BCUT2D eigenvalue weighted by Gasteiger charge is 2.44. The minimum absolute atomic E-state index is 0.394. The lowest BCUT2D eigenvalue weighted by Crippen LogP contribution is -2.33. The molecule has 0 bridgehead atoms. The molecule has 2 aromatic heterocycles. The number of hydrazone groups is 1. The van der Waals surface area contributed by atoms with Gasteiger partial charge in [-0.15, -0.1) is 0 Å². The number of aliphatic hydroxyl groups excluding tert-OH is 3. The van der Waals surface area contributed by atoms with Gasteiger partial charge in [0, 0.05) is 6.21 Å². The second-order valence-electron chi connectivity index (χ2n) is 6.97. The van der Waals surface area contributed by atoms with Crippen LogP contribution in [0.4, 0.5) is 5.82 Å². The van der Waals surface area contributed by atoms with Gasteiger partial charge in [-0.25, -0.2) is 15.0 Å².